The van der Waals surface area contributed by atoms with Crippen molar-refractivity contribution in [3.05, 3.63) is 47.7 Å². The molecule has 0 spiro atoms. The van der Waals surface area contributed by atoms with Gasteiger partial charge in [0.05, 0.1) is 0 Å². The standard InChI is InChI=1S/C10H10O2/c1-8-2-4-9(5-3-8)10(12)6-7-11/h2-7,11H,1H3/p-1/b7-6-. The SMILES string of the molecule is Cc1ccc(C(=O)/C=C\[O-])cc1. The van der Waals surface area contributed by atoms with Gasteiger partial charge >= 0.3 is 0 Å². The Morgan fingerprint density at radius 3 is 2.42 bits per heavy atom. The molecule has 0 aliphatic rings. The molecule has 0 saturated carbocycles. The van der Waals surface area contributed by atoms with Gasteiger partial charge in [0.15, 0.2) is 5.78 Å². The molecule has 1 aromatic carbocycles. The average Bonchev–Trinajstić information content (AvgIpc) is 2.06. The minimum atomic E-state index is -0.245. The van der Waals surface area contributed by atoms with Crippen molar-refractivity contribution in [1.29, 1.82) is 0 Å². The summed E-state index contributed by atoms with van der Waals surface area (Å²) in [5.74, 6) is -0.245. The lowest BCUT2D eigenvalue weighted by Gasteiger charge is -1.96. The first-order chi connectivity index (χ1) is 5.74. The number of benzene rings is 1. The summed E-state index contributed by atoms with van der Waals surface area (Å²) in [6.07, 6.45) is 1.52. The van der Waals surface area contributed by atoms with Gasteiger partial charge in [0.2, 0.25) is 0 Å². The maximum absolute atomic E-state index is 11.1. The summed E-state index contributed by atoms with van der Waals surface area (Å²) in [6.45, 7) is 1.94. The second kappa shape index (κ2) is 3.72. The van der Waals surface area contributed by atoms with Crippen molar-refractivity contribution in [2.75, 3.05) is 0 Å². The molecule has 0 aromatic heterocycles. The van der Waals surface area contributed by atoms with Gasteiger partial charge in [-0.05, 0) is 13.0 Å². The van der Waals surface area contributed by atoms with Gasteiger partial charge in [-0.15, -0.1) is 6.26 Å². The molecule has 0 aliphatic heterocycles. The van der Waals surface area contributed by atoms with E-state index in [4.69, 9.17) is 0 Å². The van der Waals surface area contributed by atoms with Crippen LogP contribution in [-0.2, 0) is 0 Å². The number of hydrogen-bond acceptors (Lipinski definition) is 2. The second-order valence-electron chi connectivity index (χ2n) is 2.53. The van der Waals surface area contributed by atoms with Crippen molar-refractivity contribution < 1.29 is 9.90 Å². The first-order valence-electron chi connectivity index (χ1n) is 3.63. The Morgan fingerprint density at radius 1 is 1.33 bits per heavy atom. The van der Waals surface area contributed by atoms with Crippen LogP contribution >= 0.6 is 0 Å². The Morgan fingerprint density at radius 2 is 1.92 bits per heavy atom. The molecule has 0 heterocycles. The second-order valence-corrected chi connectivity index (χ2v) is 2.53. The molecular weight excluding hydrogens is 152 g/mol. The largest absolute Gasteiger partial charge is 0.878 e. The molecule has 2 nitrogen and oxygen atoms in total. The van der Waals surface area contributed by atoms with Crippen LogP contribution in [0.1, 0.15) is 15.9 Å². The quantitative estimate of drug-likeness (QED) is 0.369. The van der Waals surface area contributed by atoms with E-state index in [9.17, 15) is 9.90 Å². The van der Waals surface area contributed by atoms with Crippen LogP contribution in [0.15, 0.2) is 36.6 Å². The molecule has 2 heteroatoms. The molecule has 0 fully saturated rings. The number of ketones is 1. The average molecular weight is 161 g/mol. The summed E-state index contributed by atoms with van der Waals surface area (Å²) >= 11 is 0. The van der Waals surface area contributed by atoms with Crippen LogP contribution in [0.2, 0.25) is 0 Å². The fraction of sp³-hybridized carbons (Fsp3) is 0.100. The fourth-order valence-corrected chi connectivity index (χ4v) is 0.876. The van der Waals surface area contributed by atoms with E-state index in [0.717, 1.165) is 11.6 Å². The highest BCUT2D eigenvalue weighted by Crippen LogP contribution is 2.03. The first-order valence-corrected chi connectivity index (χ1v) is 3.63. The third kappa shape index (κ3) is 1.95. The number of rotatable bonds is 2. The molecule has 0 aliphatic carbocycles. The van der Waals surface area contributed by atoms with E-state index in [-0.39, 0.29) is 5.78 Å². The Bertz CT molecular complexity index is 296. The van der Waals surface area contributed by atoms with Crippen molar-refractivity contribution in [2.24, 2.45) is 0 Å². The molecule has 0 bridgehead atoms. The van der Waals surface area contributed by atoms with E-state index >= 15 is 0 Å². The molecule has 1 aromatic rings. The highest BCUT2D eigenvalue weighted by Gasteiger charge is 1.97. The zero-order chi connectivity index (χ0) is 8.97. The first kappa shape index (κ1) is 8.53. The zero-order valence-electron chi connectivity index (χ0n) is 6.78. The van der Waals surface area contributed by atoms with Gasteiger partial charge < -0.3 is 5.11 Å². The Kier molecular flexibility index (Phi) is 2.64. The number of carbonyl (C=O) groups excluding carboxylic acids is 1. The predicted octanol–water partition coefficient (Wildman–Crippen LogP) is 1.05. The number of hydrogen-bond donors (Lipinski definition) is 0. The Hall–Kier alpha value is -1.57. The van der Waals surface area contributed by atoms with Gasteiger partial charge in [-0.3, -0.25) is 4.79 Å². The van der Waals surface area contributed by atoms with E-state index in [1.165, 1.54) is 0 Å². The van der Waals surface area contributed by atoms with Gasteiger partial charge in [-0.25, -0.2) is 0 Å². The van der Waals surface area contributed by atoms with Gasteiger partial charge in [-0.2, -0.15) is 0 Å². The lowest BCUT2D eigenvalue weighted by atomic mass is 10.1. The van der Waals surface area contributed by atoms with Gasteiger partial charge in [0, 0.05) is 5.56 Å². The van der Waals surface area contributed by atoms with Crippen LogP contribution in [0.5, 0.6) is 0 Å². The molecule has 62 valence electrons. The van der Waals surface area contributed by atoms with E-state index in [1.807, 2.05) is 19.1 Å². The Balaban J connectivity index is 2.90. The minimum Gasteiger partial charge on any atom is -0.878 e. The van der Waals surface area contributed by atoms with E-state index < -0.39 is 0 Å². The molecule has 12 heavy (non-hydrogen) atoms. The fourth-order valence-electron chi connectivity index (χ4n) is 0.876. The number of carbonyl (C=O) groups is 1. The normalized spacial score (nSPS) is 10.4. The van der Waals surface area contributed by atoms with Gasteiger partial charge in [0.25, 0.3) is 0 Å². The van der Waals surface area contributed by atoms with Crippen LogP contribution in [0.25, 0.3) is 0 Å². The molecular formula is C10H9O2-. The third-order valence-corrected chi connectivity index (χ3v) is 1.56. The molecule has 0 saturated heterocycles. The monoisotopic (exact) mass is 161 g/mol. The molecule has 0 radical (unpaired) electrons. The summed E-state index contributed by atoms with van der Waals surface area (Å²) in [4.78, 5) is 11.1. The van der Waals surface area contributed by atoms with E-state index in [0.29, 0.717) is 11.8 Å². The third-order valence-electron chi connectivity index (χ3n) is 1.56. The van der Waals surface area contributed by atoms with Gasteiger partial charge in [-0.1, -0.05) is 29.8 Å². The number of allylic oxidation sites excluding steroid dienone is 1. The number of aryl methyl sites for hydroxylation is 1. The molecule has 0 amide bonds. The minimum absolute atomic E-state index is 0.245. The lowest BCUT2D eigenvalue weighted by Crippen LogP contribution is -1.96. The maximum Gasteiger partial charge on any atom is 0.184 e. The summed E-state index contributed by atoms with van der Waals surface area (Å²) in [6, 6.07) is 7.09. The smallest absolute Gasteiger partial charge is 0.184 e. The van der Waals surface area contributed by atoms with Crippen LogP contribution in [0.4, 0.5) is 0 Å². The highest BCUT2D eigenvalue weighted by atomic mass is 16.2. The predicted molar refractivity (Wildman–Crippen MR) is 44.6 cm³/mol. The van der Waals surface area contributed by atoms with Crippen molar-refractivity contribution in [3.8, 4) is 0 Å². The molecule has 0 unspecified atom stereocenters. The summed E-state index contributed by atoms with van der Waals surface area (Å²) < 4.78 is 0. The maximum atomic E-state index is 11.1. The van der Waals surface area contributed by atoms with Crippen molar-refractivity contribution in [3.63, 3.8) is 0 Å². The molecule has 1 rings (SSSR count). The van der Waals surface area contributed by atoms with Crippen LogP contribution in [0, 0.1) is 6.92 Å². The Labute approximate surface area is 71.2 Å². The van der Waals surface area contributed by atoms with Crippen LogP contribution < -0.4 is 5.11 Å². The summed E-state index contributed by atoms with van der Waals surface area (Å²) in [5, 5.41) is 9.98. The molecule has 0 atom stereocenters. The highest BCUT2D eigenvalue weighted by molar-refractivity contribution is 6.04. The zero-order valence-corrected chi connectivity index (χ0v) is 6.78. The summed E-state index contributed by atoms with van der Waals surface area (Å²) in [7, 11) is 0. The van der Waals surface area contributed by atoms with Crippen LogP contribution in [0.3, 0.4) is 0 Å². The topological polar surface area (TPSA) is 40.1 Å². The van der Waals surface area contributed by atoms with Crippen molar-refractivity contribution in [1.82, 2.24) is 0 Å². The lowest BCUT2D eigenvalue weighted by molar-refractivity contribution is -0.274. The van der Waals surface area contributed by atoms with Gasteiger partial charge in [0.1, 0.15) is 0 Å². The van der Waals surface area contributed by atoms with E-state index in [2.05, 4.69) is 0 Å². The summed E-state index contributed by atoms with van der Waals surface area (Å²) in [5.41, 5.74) is 1.64. The van der Waals surface area contributed by atoms with Crippen LogP contribution in [-0.4, -0.2) is 5.78 Å². The van der Waals surface area contributed by atoms with E-state index in [1.54, 1.807) is 12.1 Å². The van der Waals surface area contributed by atoms with Crippen molar-refractivity contribution >= 4 is 5.78 Å². The van der Waals surface area contributed by atoms with Crippen molar-refractivity contribution in [2.45, 2.75) is 6.92 Å². The molecule has 0 N–H and O–H groups in total.